The number of aromatic hydroxyl groups is 1. The summed E-state index contributed by atoms with van der Waals surface area (Å²) in [7, 11) is 1.60. The number of ether oxygens (including phenoxy) is 2. The maximum absolute atomic E-state index is 12.2. The van der Waals surface area contributed by atoms with Crippen LogP contribution in [0.25, 0.3) is 10.6 Å². The molecule has 0 bridgehead atoms. The second-order valence-electron chi connectivity index (χ2n) is 5.23. The Balaban J connectivity index is 1.74. The van der Waals surface area contributed by atoms with Crippen molar-refractivity contribution in [2.45, 2.75) is 6.61 Å². The Labute approximate surface area is 170 Å². The molecule has 0 saturated carbocycles. The van der Waals surface area contributed by atoms with E-state index in [9.17, 15) is 9.90 Å². The van der Waals surface area contributed by atoms with E-state index in [0.717, 1.165) is 15.0 Å². The van der Waals surface area contributed by atoms with E-state index in [2.05, 4.69) is 36.8 Å². The number of esters is 1. The van der Waals surface area contributed by atoms with Gasteiger partial charge < -0.3 is 14.6 Å². The molecule has 26 heavy (non-hydrogen) atoms. The fourth-order valence-corrected chi connectivity index (χ4v) is 3.78. The second-order valence-corrected chi connectivity index (χ2v) is 7.92. The monoisotopic (exact) mass is 497 g/mol. The van der Waals surface area contributed by atoms with Gasteiger partial charge in [-0.05, 0) is 36.4 Å². The molecule has 0 fully saturated rings. The van der Waals surface area contributed by atoms with E-state index in [4.69, 9.17) is 9.47 Å². The molecule has 2 aromatic carbocycles. The lowest BCUT2D eigenvalue weighted by molar-refractivity contribution is 0.0465. The smallest absolute Gasteiger partial charge is 0.342 e. The summed E-state index contributed by atoms with van der Waals surface area (Å²) in [5, 5.41) is 12.4. The van der Waals surface area contributed by atoms with Gasteiger partial charge in [0.2, 0.25) is 0 Å². The molecule has 0 aliphatic rings. The largest absolute Gasteiger partial charge is 0.507 e. The maximum atomic E-state index is 12.2. The molecule has 0 spiro atoms. The van der Waals surface area contributed by atoms with Crippen molar-refractivity contribution in [3.8, 4) is 22.1 Å². The molecule has 1 heterocycles. The molecule has 0 radical (unpaired) electrons. The highest BCUT2D eigenvalue weighted by molar-refractivity contribution is 9.10. The van der Waals surface area contributed by atoms with Crippen molar-refractivity contribution >= 4 is 49.2 Å². The minimum atomic E-state index is -0.613. The van der Waals surface area contributed by atoms with Crippen LogP contribution in [0.1, 0.15) is 16.1 Å². The summed E-state index contributed by atoms with van der Waals surface area (Å²) in [6, 6.07) is 10.3. The first-order valence-electron chi connectivity index (χ1n) is 7.42. The number of phenolic OH excluding ortho intramolecular Hbond substituents is 1. The summed E-state index contributed by atoms with van der Waals surface area (Å²) < 4.78 is 12.2. The van der Waals surface area contributed by atoms with Crippen LogP contribution < -0.4 is 4.74 Å². The van der Waals surface area contributed by atoms with E-state index in [-0.39, 0.29) is 17.9 Å². The number of carbonyl (C=O) groups is 1. The molecule has 0 amide bonds. The van der Waals surface area contributed by atoms with Gasteiger partial charge in [-0.25, -0.2) is 9.78 Å². The number of hydrogen-bond donors (Lipinski definition) is 1. The van der Waals surface area contributed by atoms with Crippen LogP contribution >= 0.6 is 43.2 Å². The molecule has 0 atom stereocenters. The maximum Gasteiger partial charge on any atom is 0.342 e. The van der Waals surface area contributed by atoms with Crippen LogP contribution in [-0.4, -0.2) is 23.2 Å². The van der Waals surface area contributed by atoms with Crippen LogP contribution in [0.2, 0.25) is 0 Å². The molecule has 1 N–H and O–H groups in total. The standard InChI is InChI=1S/C18H13Br2NO4S/c1-24-16-5-3-11(20)7-14(16)17-21-12(9-26-17)8-25-18(23)13-6-10(19)2-4-15(13)22/h2-7,9,22H,8H2,1H3. The Hall–Kier alpha value is -1.90. The van der Waals surface area contributed by atoms with Crippen molar-refractivity contribution in [1.29, 1.82) is 0 Å². The average Bonchev–Trinajstić information content (AvgIpc) is 3.10. The number of thiazole rings is 1. The number of hydrogen-bond acceptors (Lipinski definition) is 6. The zero-order valence-corrected chi connectivity index (χ0v) is 17.5. The molecule has 0 unspecified atom stereocenters. The van der Waals surface area contributed by atoms with E-state index in [1.807, 2.05) is 23.6 Å². The lowest BCUT2D eigenvalue weighted by Crippen LogP contribution is -2.05. The van der Waals surface area contributed by atoms with Gasteiger partial charge in [0.15, 0.2) is 0 Å². The number of benzene rings is 2. The first-order chi connectivity index (χ1) is 12.5. The molecule has 8 heteroatoms. The lowest BCUT2D eigenvalue weighted by atomic mass is 10.2. The zero-order chi connectivity index (χ0) is 18.7. The van der Waals surface area contributed by atoms with Gasteiger partial charge in [0, 0.05) is 14.3 Å². The summed E-state index contributed by atoms with van der Waals surface area (Å²) in [6.07, 6.45) is 0. The van der Waals surface area contributed by atoms with Crippen LogP contribution in [0.4, 0.5) is 0 Å². The van der Waals surface area contributed by atoms with Crippen LogP contribution in [0, 0.1) is 0 Å². The molecule has 0 aliphatic carbocycles. The Morgan fingerprint density at radius 1 is 1.19 bits per heavy atom. The number of rotatable bonds is 5. The van der Waals surface area contributed by atoms with Crippen LogP contribution in [-0.2, 0) is 11.3 Å². The van der Waals surface area contributed by atoms with Crippen molar-refractivity contribution in [3.63, 3.8) is 0 Å². The van der Waals surface area contributed by atoms with E-state index in [0.29, 0.717) is 15.9 Å². The van der Waals surface area contributed by atoms with Gasteiger partial charge in [0.25, 0.3) is 0 Å². The number of methoxy groups -OCH3 is 1. The normalized spacial score (nSPS) is 10.6. The van der Waals surface area contributed by atoms with Crippen molar-refractivity contribution < 1.29 is 19.4 Å². The van der Waals surface area contributed by atoms with Crippen molar-refractivity contribution in [1.82, 2.24) is 4.98 Å². The fraction of sp³-hybridized carbons (Fsp3) is 0.111. The number of halogens is 2. The quantitative estimate of drug-likeness (QED) is 0.476. The number of phenols is 1. The predicted molar refractivity (Wildman–Crippen MR) is 107 cm³/mol. The van der Waals surface area contributed by atoms with Crippen molar-refractivity contribution in [3.05, 3.63) is 62.0 Å². The summed E-state index contributed by atoms with van der Waals surface area (Å²) in [5.41, 5.74) is 1.58. The minimum absolute atomic E-state index is 0.0115. The molecular formula is C18H13Br2NO4S. The average molecular weight is 499 g/mol. The van der Waals surface area contributed by atoms with Gasteiger partial charge in [-0.3, -0.25) is 0 Å². The third kappa shape index (κ3) is 4.25. The minimum Gasteiger partial charge on any atom is -0.507 e. The number of nitrogens with zero attached hydrogens (tertiary/aromatic N) is 1. The summed E-state index contributed by atoms with van der Waals surface area (Å²) in [4.78, 5) is 16.7. The van der Waals surface area contributed by atoms with Gasteiger partial charge >= 0.3 is 5.97 Å². The summed E-state index contributed by atoms with van der Waals surface area (Å²) >= 11 is 8.14. The van der Waals surface area contributed by atoms with Crippen LogP contribution in [0.15, 0.2) is 50.7 Å². The molecule has 3 rings (SSSR count). The van der Waals surface area contributed by atoms with Gasteiger partial charge in [-0.1, -0.05) is 31.9 Å². The third-order valence-corrected chi connectivity index (χ3v) is 5.38. The molecular weight excluding hydrogens is 486 g/mol. The lowest BCUT2D eigenvalue weighted by Gasteiger charge is -2.06. The van der Waals surface area contributed by atoms with Crippen molar-refractivity contribution in [2.75, 3.05) is 7.11 Å². The second kappa shape index (κ2) is 8.20. The highest BCUT2D eigenvalue weighted by Crippen LogP contribution is 2.34. The number of aromatic nitrogens is 1. The molecule has 3 aromatic rings. The first-order valence-corrected chi connectivity index (χ1v) is 9.88. The Morgan fingerprint density at radius 3 is 2.69 bits per heavy atom. The SMILES string of the molecule is COc1ccc(Br)cc1-c1nc(COC(=O)c2cc(Br)ccc2O)cs1. The number of carbonyl (C=O) groups excluding carboxylic acids is 1. The first kappa shape index (κ1) is 18.9. The Morgan fingerprint density at radius 2 is 1.92 bits per heavy atom. The zero-order valence-electron chi connectivity index (χ0n) is 13.5. The van der Waals surface area contributed by atoms with Crippen LogP contribution in [0.5, 0.6) is 11.5 Å². The summed E-state index contributed by atoms with van der Waals surface area (Å²) in [5.74, 6) is -0.0282. The highest BCUT2D eigenvalue weighted by Gasteiger charge is 2.15. The van der Waals surface area contributed by atoms with Gasteiger partial charge in [0.1, 0.15) is 28.7 Å². The van der Waals surface area contributed by atoms with E-state index >= 15 is 0 Å². The molecule has 0 aliphatic heterocycles. The molecule has 0 saturated heterocycles. The summed E-state index contributed by atoms with van der Waals surface area (Å²) in [6.45, 7) is 0.0115. The van der Waals surface area contributed by atoms with Crippen LogP contribution in [0.3, 0.4) is 0 Å². The third-order valence-electron chi connectivity index (χ3n) is 3.47. The Bertz CT molecular complexity index is 958. The van der Waals surface area contributed by atoms with Gasteiger partial charge in [-0.15, -0.1) is 11.3 Å². The predicted octanol–water partition coefficient (Wildman–Crippen LogP) is 5.41. The van der Waals surface area contributed by atoms with Crippen molar-refractivity contribution in [2.24, 2.45) is 0 Å². The van der Waals surface area contributed by atoms with E-state index < -0.39 is 5.97 Å². The van der Waals surface area contributed by atoms with E-state index in [1.54, 1.807) is 13.2 Å². The molecule has 5 nitrogen and oxygen atoms in total. The Kier molecular flexibility index (Phi) is 5.95. The molecule has 1 aromatic heterocycles. The van der Waals surface area contributed by atoms with Gasteiger partial charge in [-0.2, -0.15) is 0 Å². The molecule has 134 valence electrons. The highest BCUT2D eigenvalue weighted by atomic mass is 79.9. The fourth-order valence-electron chi connectivity index (χ4n) is 2.23. The van der Waals surface area contributed by atoms with E-state index in [1.165, 1.54) is 23.5 Å². The topological polar surface area (TPSA) is 68.7 Å². The van der Waals surface area contributed by atoms with Gasteiger partial charge in [0.05, 0.1) is 18.4 Å².